The third-order valence-corrected chi connectivity index (χ3v) is 3.34. The van der Waals surface area contributed by atoms with Gasteiger partial charge in [0.15, 0.2) is 0 Å². The molecule has 0 aliphatic carbocycles. The first-order valence-electron chi connectivity index (χ1n) is 6.63. The maximum absolute atomic E-state index is 5.70. The average molecular weight is 249 g/mol. The van der Waals surface area contributed by atoms with Crippen LogP contribution >= 0.6 is 0 Å². The van der Waals surface area contributed by atoms with E-state index in [0.29, 0.717) is 0 Å². The van der Waals surface area contributed by atoms with Crippen molar-refractivity contribution in [3.8, 4) is 5.75 Å². The third-order valence-electron chi connectivity index (χ3n) is 3.34. The Bertz CT molecular complexity index is 362. The second kappa shape index (κ2) is 6.61. The molecule has 0 saturated carbocycles. The summed E-state index contributed by atoms with van der Waals surface area (Å²) < 4.78 is 5.68. The SMILES string of the molecule is CN1CCN(CCCOc2cccc(N)c2)CC1. The minimum absolute atomic E-state index is 0.756. The Balaban J connectivity index is 1.61. The minimum Gasteiger partial charge on any atom is -0.493 e. The fraction of sp³-hybridized carbons (Fsp3) is 0.571. The Morgan fingerprint density at radius 1 is 1.22 bits per heavy atom. The van der Waals surface area contributed by atoms with E-state index in [2.05, 4.69) is 16.8 Å². The number of anilines is 1. The Morgan fingerprint density at radius 3 is 2.72 bits per heavy atom. The van der Waals surface area contributed by atoms with E-state index in [4.69, 9.17) is 10.5 Å². The summed E-state index contributed by atoms with van der Waals surface area (Å²) in [5.41, 5.74) is 6.46. The largest absolute Gasteiger partial charge is 0.493 e. The van der Waals surface area contributed by atoms with Gasteiger partial charge in [-0.2, -0.15) is 0 Å². The predicted octanol–water partition coefficient (Wildman–Crippen LogP) is 1.29. The highest BCUT2D eigenvalue weighted by Gasteiger charge is 2.12. The van der Waals surface area contributed by atoms with Crippen molar-refractivity contribution in [1.82, 2.24) is 9.80 Å². The lowest BCUT2D eigenvalue weighted by molar-refractivity contribution is 0.145. The molecule has 4 heteroatoms. The molecule has 1 aliphatic heterocycles. The second-order valence-electron chi connectivity index (χ2n) is 4.92. The normalized spacial score (nSPS) is 17.8. The molecule has 1 fully saturated rings. The number of piperazine rings is 1. The van der Waals surface area contributed by atoms with Gasteiger partial charge in [0.1, 0.15) is 5.75 Å². The van der Waals surface area contributed by atoms with Gasteiger partial charge < -0.3 is 20.3 Å². The molecule has 0 spiro atoms. The van der Waals surface area contributed by atoms with Crippen LogP contribution in [-0.4, -0.2) is 56.2 Å². The fourth-order valence-electron chi connectivity index (χ4n) is 2.15. The fourth-order valence-corrected chi connectivity index (χ4v) is 2.15. The number of nitrogens with two attached hydrogens (primary N) is 1. The highest BCUT2D eigenvalue weighted by atomic mass is 16.5. The molecule has 0 atom stereocenters. The quantitative estimate of drug-likeness (QED) is 0.630. The molecule has 0 unspecified atom stereocenters. The molecule has 100 valence electrons. The number of rotatable bonds is 5. The molecule has 1 saturated heterocycles. The molecule has 0 amide bonds. The van der Waals surface area contributed by atoms with Crippen molar-refractivity contribution < 1.29 is 4.74 Å². The number of likely N-dealkylation sites (N-methyl/N-ethyl adjacent to an activating group) is 1. The van der Waals surface area contributed by atoms with Gasteiger partial charge in [0.2, 0.25) is 0 Å². The molecule has 1 heterocycles. The van der Waals surface area contributed by atoms with Gasteiger partial charge in [-0.1, -0.05) is 6.07 Å². The number of hydrogen-bond acceptors (Lipinski definition) is 4. The summed E-state index contributed by atoms with van der Waals surface area (Å²) in [5, 5.41) is 0. The second-order valence-corrected chi connectivity index (χ2v) is 4.92. The summed E-state index contributed by atoms with van der Waals surface area (Å²) in [5.74, 6) is 0.869. The zero-order valence-corrected chi connectivity index (χ0v) is 11.1. The highest BCUT2D eigenvalue weighted by Crippen LogP contribution is 2.14. The summed E-state index contributed by atoms with van der Waals surface area (Å²) in [6.45, 7) is 6.58. The van der Waals surface area contributed by atoms with Crippen molar-refractivity contribution >= 4 is 5.69 Å². The summed E-state index contributed by atoms with van der Waals surface area (Å²) in [6, 6.07) is 7.62. The number of benzene rings is 1. The van der Waals surface area contributed by atoms with E-state index < -0.39 is 0 Å². The van der Waals surface area contributed by atoms with Crippen molar-refractivity contribution in [2.45, 2.75) is 6.42 Å². The highest BCUT2D eigenvalue weighted by molar-refractivity contribution is 5.43. The van der Waals surface area contributed by atoms with E-state index in [1.807, 2.05) is 24.3 Å². The Hall–Kier alpha value is -1.26. The van der Waals surface area contributed by atoms with Crippen LogP contribution in [0.2, 0.25) is 0 Å². The van der Waals surface area contributed by atoms with Crippen LogP contribution in [0.3, 0.4) is 0 Å². The topological polar surface area (TPSA) is 41.7 Å². The average Bonchev–Trinajstić information content (AvgIpc) is 2.37. The summed E-state index contributed by atoms with van der Waals surface area (Å²) >= 11 is 0. The maximum atomic E-state index is 5.70. The monoisotopic (exact) mass is 249 g/mol. The smallest absolute Gasteiger partial charge is 0.121 e. The van der Waals surface area contributed by atoms with Gasteiger partial charge in [0.25, 0.3) is 0 Å². The van der Waals surface area contributed by atoms with Crippen LogP contribution in [-0.2, 0) is 0 Å². The number of hydrogen-bond donors (Lipinski definition) is 1. The first-order valence-corrected chi connectivity index (χ1v) is 6.63. The number of ether oxygens (including phenoxy) is 1. The molecule has 4 nitrogen and oxygen atoms in total. The van der Waals surface area contributed by atoms with Crippen molar-refractivity contribution in [1.29, 1.82) is 0 Å². The molecule has 1 aliphatic rings. The zero-order valence-electron chi connectivity index (χ0n) is 11.1. The lowest BCUT2D eigenvalue weighted by atomic mass is 10.3. The van der Waals surface area contributed by atoms with Gasteiger partial charge in [-0.3, -0.25) is 0 Å². The van der Waals surface area contributed by atoms with Crippen LogP contribution in [0, 0.1) is 0 Å². The predicted molar refractivity (Wildman–Crippen MR) is 74.9 cm³/mol. The molecule has 0 bridgehead atoms. The maximum Gasteiger partial charge on any atom is 0.121 e. The first kappa shape index (κ1) is 13.2. The van der Waals surface area contributed by atoms with Gasteiger partial charge in [0, 0.05) is 44.5 Å². The standard InChI is InChI=1S/C14H23N3O/c1-16-7-9-17(10-8-16)6-3-11-18-14-5-2-4-13(15)12-14/h2,4-5,12H,3,6-11,15H2,1H3. The van der Waals surface area contributed by atoms with Gasteiger partial charge >= 0.3 is 0 Å². The van der Waals surface area contributed by atoms with E-state index >= 15 is 0 Å². The van der Waals surface area contributed by atoms with Gasteiger partial charge in [0.05, 0.1) is 6.61 Å². The zero-order chi connectivity index (χ0) is 12.8. The van der Waals surface area contributed by atoms with Crippen LogP contribution in [0.25, 0.3) is 0 Å². The first-order chi connectivity index (χ1) is 8.74. The Morgan fingerprint density at radius 2 is 2.00 bits per heavy atom. The molecule has 1 aromatic carbocycles. The molecule has 18 heavy (non-hydrogen) atoms. The molecule has 2 N–H and O–H groups in total. The van der Waals surface area contributed by atoms with Gasteiger partial charge in [-0.15, -0.1) is 0 Å². The summed E-state index contributed by atoms with van der Waals surface area (Å²) in [6.07, 6.45) is 1.07. The Kier molecular flexibility index (Phi) is 4.84. The van der Waals surface area contributed by atoms with Crippen molar-refractivity contribution in [2.24, 2.45) is 0 Å². The molecule has 2 rings (SSSR count). The lowest BCUT2D eigenvalue weighted by Gasteiger charge is -2.32. The van der Waals surface area contributed by atoms with Crippen LogP contribution in [0.15, 0.2) is 24.3 Å². The van der Waals surface area contributed by atoms with E-state index in [-0.39, 0.29) is 0 Å². The van der Waals surface area contributed by atoms with Crippen molar-refractivity contribution in [2.75, 3.05) is 52.1 Å². The van der Waals surface area contributed by atoms with Crippen LogP contribution in [0.1, 0.15) is 6.42 Å². The molecule has 1 aromatic rings. The molecular formula is C14H23N3O. The minimum atomic E-state index is 0.756. The molecule has 0 aromatic heterocycles. The van der Waals surface area contributed by atoms with E-state index in [9.17, 15) is 0 Å². The van der Waals surface area contributed by atoms with Gasteiger partial charge in [-0.05, 0) is 25.6 Å². The summed E-state index contributed by atoms with van der Waals surface area (Å²) in [7, 11) is 2.18. The van der Waals surface area contributed by atoms with Crippen molar-refractivity contribution in [3.05, 3.63) is 24.3 Å². The molecule has 0 radical (unpaired) electrons. The Labute approximate surface area is 109 Å². The van der Waals surface area contributed by atoms with Gasteiger partial charge in [-0.25, -0.2) is 0 Å². The van der Waals surface area contributed by atoms with E-state index in [1.54, 1.807) is 0 Å². The van der Waals surface area contributed by atoms with Crippen molar-refractivity contribution in [3.63, 3.8) is 0 Å². The summed E-state index contributed by atoms with van der Waals surface area (Å²) in [4.78, 5) is 4.88. The van der Waals surface area contributed by atoms with Crippen LogP contribution in [0.4, 0.5) is 5.69 Å². The lowest BCUT2D eigenvalue weighted by Crippen LogP contribution is -2.44. The van der Waals surface area contributed by atoms with E-state index in [1.165, 1.54) is 26.2 Å². The van der Waals surface area contributed by atoms with Crippen LogP contribution < -0.4 is 10.5 Å². The number of nitrogens with zero attached hydrogens (tertiary/aromatic N) is 2. The van der Waals surface area contributed by atoms with Crippen LogP contribution in [0.5, 0.6) is 5.75 Å². The molecular weight excluding hydrogens is 226 g/mol. The third kappa shape index (κ3) is 4.20. The van der Waals surface area contributed by atoms with E-state index in [0.717, 1.165) is 31.0 Å². The number of nitrogen functional groups attached to an aromatic ring is 1.